The second-order valence-corrected chi connectivity index (χ2v) is 5.97. The molecule has 0 fully saturated rings. The van der Waals surface area contributed by atoms with Gasteiger partial charge in [-0.15, -0.1) is 11.3 Å². The highest BCUT2D eigenvalue weighted by molar-refractivity contribution is 7.16. The van der Waals surface area contributed by atoms with E-state index in [1.54, 1.807) is 11.3 Å². The normalized spacial score (nSPS) is 12.5. The molecule has 0 radical (unpaired) electrons. The third kappa shape index (κ3) is 2.44. The quantitative estimate of drug-likeness (QED) is 0.689. The van der Waals surface area contributed by atoms with E-state index in [9.17, 15) is 0 Å². The number of hydrogen-bond acceptors (Lipinski definition) is 4. The van der Waals surface area contributed by atoms with Crippen molar-refractivity contribution >= 4 is 44.5 Å². The first-order valence-electron chi connectivity index (χ1n) is 6.29. The van der Waals surface area contributed by atoms with Crippen molar-refractivity contribution in [2.24, 2.45) is 0 Å². The monoisotopic (exact) mass is 303 g/mol. The van der Waals surface area contributed by atoms with Crippen molar-refractivity contribution in [3.63, 3.8) is 0 Å². The smallest absolute Gasteiger partial charge is 0.106 e. The van der Waals surface area contributed by atoms with Crippen LogP contribution < -0.4 is 11.1 Å². The number of nitrogens with zero attached hydrogens (tertiary/aromatic N) is 1. The topological polar surface area (TPSA) is 50.9 Å². The molecular formula is C15H14ClN3S. The number of halogens is 1. The Morgan fingerprint density at radius 1 is 1.30 bits per heavy atom. The minimum Gasteiger partial charge on any atom is -0.395 e. The lowest BCUT2D eigenvalue weighted by Gasteiger charge is -2.17. The number of nitrogens with one attached hydrogen (secondary N) is 1. The van der Waals surface area contributed by atoms with E-state index in [1.165, 1.54) is 0 Å². The van der Waals surface area contributed by atoms with Crippen molar-refractivity contribution in [1.82, 2.24) is 4.98 Å². The maximum absolute atomic E-state index is 6.18. The Balaban J connectivity index is 1.90. The number of thiazole rings is 1. The van der Waals surface area contributed by atoms with Crippen molar-refractivity contribution < 1.29 is 0 Å². The van der Waals surface area contributed by atoms with Crippen LogP contribution in [0.5, 0.6) is 0 Å². The molecule has 0 saturated heterocycles. The summed E-state index contributed by atoms with van der Waals surface area (Å²) in [5.74, 6) is 0. The van der Waals surface area contributed by atoms with E-state index >= 15 is 0 Å². The molecule has 102 valence electrons. The molecule has 1 atom stereocenters. The first-order chi connectivity index (χ1) is 9.65. The molecule has 0 saturated carbocycles. The van der Waals surface area contributed by atoms with Crippen molar-refractivity contribution in [2.45, 2.75) is 13.0 Å². The molecule has 20 heavy (non-hydrogen) atoms. The zero-order valence-electron chi connectivity index (χ0n) is 10.9. The Kier molecular flexibility index (Phi) is 3.51. The zero-order chi connectivity index (χ0) is 14.1. The van der Waals surface area contributed by atoms with Gasteiger partial charge in [-0.25, -0.2) is 4.98 Å². The van der Waals surface area contributed by atoms with Crippen LogP contribution in [0.25, 0.3) is 10.2 Å². The number of rotatable bonds is 3. The molecule has 1 heterocycles. The maximum atomic E-state index is 6.18. The largest absolute Gasteiger partial charge is 0.395 e. The van der Waals surface area contributed by atoms with Gasteiger partial charge in [0, 0.05) is 11.1 Å². The molecule has 0 amide bonds. The fourth-order valence-corrected chi connectivity index (χ4v) is 3.06. The molecule has 3 rings (SSSR count). The first kappa shape index (κ1) is 13.2. The molecule has 0 aliphatic heterocycles. The molecule has 3 N–H and O–H groups in total. The van der Waals surface area contributed by atoms with E-state index < -0.39 is 0 Å². The summed E-state index contributed by atoms with van der Waals surface area (Å²) in [6.45, 7) is 2.08. The summed E-state index contributed by atoms with van der Waals surface area (Å²) >= 11 is 7.62. The van der Waals surface area contributed by atoms with Crippen molar-refractivity contribution in [1.29, 1.82) is 0 Å². The van der Waals surface area contributed by atoms with Crippen molar-refractivity contribution in [3.8, 4) is 0 Å². The van der Waals surface area contributed by atoms with E-state index in [0.29, 0.717) is 5.69 Å². The predicted molar refractivity (Wildman–Crippen MR) is 87.5 cm³/mol. The highest BCUT2D eigenvalue weighted by Crippen LogP contribution is 2.32. The van der Waals surface area contributed by atoms with E-state index in [4.69, 9.17) is 17.3 Å². The number of aromatic nitrogens is 1. The molecular weight excluding hydrogens is 290 g/mol. The summed E-state index contributed by atoms with van der Waals surface area (Å²) in [4.78, 5) is 4.31. The molecule has 3 aromatic rings. The van der Waals surface area contributed by atoms with Crippen LogP contribution in [0.2, 0.25) is 5.02 Å². The third-order valence-corrected chi connectivity index (χ3v) is 4.29. The Hall–Kier alpha value is -1.78. The Morgan fingerprint density at radius 2 is 2.15 bits per heavy atom. The minimum absolute atomic E-state index is 0.118. The van der Waals surface area contributed by atoms with Gasteiger partial charge in [-0.1, -0.05) is 23.7 Å². The Morgan fingerprint density at radius 3 is 2.95 bits per heavy atom. The number of anilines is 2. The van der Waals surface area contributed by atoms with Crippen LogP contribution >= 0.6 is 22.9 Å². The zero-order valence-corrected chi connectivity index (χ0v) is 12.5. The standard InChI is InChI=1S/C15H14ClN3S/c1-9(10-3-2-4-11(16)7-10)19-12-5-6-13-15(14(12)17)18-8-20-13/h2-9,19H,17H2,1H3. The number of fused-ring (bicyclic) bond motifs is 1. The molecule has 0 aliphatic carbocycles. The second kappa shape index (κ2) is 5.31. The molecule has 0 spiro atoms. The summed E-state index contributed by atoms with van der Waals surface area (Å²) in [5.41, 5.74) is 11.6. The van der Waals surface area contributed by atoms with Crippen LogP contribution in [0.1, 0.15) is 18.5 Å². The van der Waals surface area contributed by atoms with E-state index in [2.05, 4.69) is 17.2 Å². The van der Waals surface area contributed by atoms with Crippen LogP contribution in [-0.4, -0.2) is 4.98 Å². The Bertz CT molecular complexity index is 754. The van der Waals surface area contributed by atoms with E-state index in [-0.39, 0.29) is 6.04 Å². The SMILES string of the molecule is CC(Nc1ccc2scnc2c1N)c1cccc(Cl)c1. The lowest BCUT2D eigenvalue weighted by molar-refractivity contribution is 0.886. The van der Waals surface area contributed by atoms with Gasteiger partial charge in [0.15, 0.2) is 0 Å². The van der Waals surface area contributed by atoms with Gasteiger partial charge in [0.1, 0.15) is 5.52 Å². The summed E-state index contributed by atoms with van der Waals surface area (Å²) < 4.78 is 1.10. The van der Waals surface area contributed by atoms with Crippen LogP contribution in [0.15, 0.2) is 41.9 Å². The highest BCUT2D eigenvalue weighted by atomic mass is 35.5. The van der Waals surface area contributed by atoms with Crippen LogP contribution in [-0.2, 0) is 0 Å². The summed E-state index contributed by atoms with van der Waals surface area (Å²) in [7, 11) is 0. The fraction of sp³-hybridized carbons (Fsp3) is 0.133. The van der Waals surface area contributed by atoms with Crippen LogP contribution in [0, 0.1) is 0 Å². The Labute approximate surface area is 126 Å². The molecule has 2 aromatic carbocycles. The minimum atomic E-state index is 0.118. The molecule has 3 nitrogen and oxygen atoms in total. The van der Waals surface area contributed by atoms with Crippen LogP contribution in [0.3, 0.4) is 0 Å². The van der Waals surface area contributed by atoms with Crippen LogP contribution in [0.4, 0.5) is 11.4 Å². The molecule has 0 bridgehead atoms. The van der Waals surface area contributed by atoms with E-state index in [1.807, 2.05) is 41.9 Å². The average Bonchev–Trinajstić information content (AvgIpc) is 2.91. The second-order valence-electron chi connectivity index (χ2n) is 4.65. The van der Waals surface area contributed by atoms with Crippen molar-refractivity contribution in [3.05, 3.63) is 52.5 Å². The number of nitrogen functional groups attached to an aromatic ring is 1. The van der Waals surface area contributed by atoms with Gasteiger partial charge in [0.2, 0.25) is 0 Å². The van der Waals surface area contributed by atoms with Gasteiger partial charge in [0.05, 0.1) is 21.6 Å². The van der Waals surface area contributed by atoms with Gasteiger partial charge in [-0.05, 0) is 36.8 Å². The van der Waals surface area contributed by atoms with Gasteiger partial charge in [0.25, 0.3) is 0 Å². The van der Waals surface area contributed by atoms with Gasteiger partial charge >= 0.3 is 0 Å². The van der Waals surface area contributed by atoms with Gasteiger partial charge in [-0.3, -0.25) is 0 Å². The third-order valence-electron chi connectivity index (χ3n) is 3.26. The summed E-state index contributed by atoms with van der Waals surface area (Å²) in [6.07, 6.45) is 0. The summed E-state index contributed by atoms with van der Waals surface area (Å²) in [5, 5.41) is 4.15. The molecule has 1 aromatic heterocycles. The summed E-state index contributed by atoms with van der Waals surface area (Å²) in [6, 6.07) is 12.0. The number of nitrogens with two attached hydrogens (primary N) is 1. The van der Waals surface area contributed by atoms with E-state index in [0.717, 1.165) is 26.5 Å². The lowest BCUT2D eigenvalue weighted by Crippen LogP contribution is -2.08. The number of hydrogen-bond donors (Lipinski definition) is 2. The van der Waals surface area contributed by atoms with Crippen molar-refractivity contribution in [2.75, 3.05) is 11.1 Å². The fourth-order valence-electron chi connectivity index (χ4n) is 2.17. The van der Waals surface area contributed by atoms with Gasteiger partial charge in [-0.2, -0.15) is 0 Å². The molecule has 1 unspecified atom stereocenters. The predicted octanol–water partition coefficient (Wildman–Crippen LogP) is 4.71. The molecule has 0 aliphatic rings. The highest BCUT2D eigenvalue weighted by Gasteiger charge is 2.11. The maximum Gasteiger partial charge on any atom is 0.106 e. The van der Waals surface area contributed by atoms with Gasteiger partial charge < -0.3 is 11.1 Å². The number of benzene rings is 2. The first-order valence-corrected chi connectivity index (χ1v) is 7.54. The lowest BCUT2D eigenvalue weighted by atomic mass is 10.1. The average molecular weight is 304 g/mol. The molecule has 5 heteroatoms.